The molecule has 0 aromatic carbocycles. The SMILES string of the molecule is CN1CC(CCN)C2CCCCC21. The minimum atomic E-state index is 0.877. The summed E-state index contributed by atoms with van der Waals surface area (Å²) in [7, 11) is 2.29. The molecule has 1 saturated carbocycles. The second-order valence-electron chi connectivity index (χ2n) is 4.79. The van der Waals surface area contributed by atoms with Gasteiger partial charge in [-0.2, -0.15) is 0 Å². The Bertz CT molecular complexity index is 169. The predicted octanol–water partition coefficient (Wildman–Crippen LogP) is 1.46. The second-order valence-corrected chi connectivity index (χ2v) is 4.79. The molecular weight excluding hydrogens is 160 g/mol. The van der Waals surface area contributed by atoms with Crippen molar-refractivity contribution in [2.24, 2.45) is 17.6 Å². The Morgan fingerprint density at radius 3 is 2.85 bits per heavy atom. The summed E-state index contributed by atoms with van der Waals surface area (Å²) in [6, 6.07) is 0.894. The van der Waals surface area contributed by atoms with Gasteiger partial charge in [0.1, 0.15) is 0 Å². The van der Waals surface area contributed by atoms with Gasteiger partial charge in [-0.05, 0) is 44.7 Å². The van der Waals surface area contributed by atoms with Crippen LogP contribution in [0.4, 0.5) is 0 Å². The van der Waals surface area contributed by atoms with Crippen LogP contribution in [-0.4, -0.2) is 31.1 Å². The van der Waals surface area contributed by atoms with Crippen molar-refractivity contribution in [1.29, 1.82) is 0 Å². The molecule has 0 aromatic rings. The van der Waals surface area contributed by atoms with E-state index >= 15 is 0 Å². The van der Waals surface area contributed by atoms with Crippen LogP contribution in [0.1, 0.15) is 32.1 Å². The van der Waals surface area contributed by atoms with Crippen molar-refractivity contribution in [3.8, 4) is 0 Å². The summed E-state index contributed by atoms with van der Waals surface area (Å²) in [6.45, 7) is 2.17. The molecule has 76 valence electrons. The maximum absolute atomic E-state index is 5.66. The van der Waals surface area contributed by atoms with Gasteiger partial charge in [0.2, 0.25) is 0 Å². The largest absolute Gasteiger partial charge is 0.330 e. The zero-order valence-corrected chi connectivity index (χ0v) is 8.71. The zero-order valence-electron chi connectivity index (χ0n) is 8.71. The fraction of sp³-hybridized carbons (Fsp3) is 1.00. The Balaban J connectivity index is 1.99. The van der Waals surface area contributed by atoms with Gasteiger partial charge < -0.3 is 10.6 Å². The van der Waals surface area contributed by atoms with Crippen molar-refractivity contribution < 1.29 is 0 Å². The predicted molar refractivity (Wildman–Crippen MR) is 55.5 cm³/mol. The first kappa shape index (κ1) is 9.47. The third-order valence-corrected chi connectivity index (χ3v) is 4.01. The van der Waals surface area contributed by atoms with Gasteiger partial charge in [0.15, 0.2) is 0 Å². The summed E-state index contributed by atoms with van der Waals surface area (Å²) in [5, 5.41) is 0. The number of rotatable bonds is 2. The van der Waals surface area contributed by atoms with Crippen LogP contribution in [0, 0.1) is 11.8 Å². The molecule has 1 aliphatic carbocycles. The average Bonchev–Trinajstić information content (AvgIpc) is 2.46. The lowest BCUT2D eigenvalue weighted by atomic mass is 9.79. The first-order valence-corrected chi connectivity index (χ1v) is 5.73. The van der Waals surface area contributed by atoms with Gasteiger partial charge in [-0.3, -0.25) is 0 Å². The molecule has 2 aliphatic rings. The van der Waals surface area contributed by atoms with Crippen molar-refractivity contribution in [2.75, 3.05) is 20.1 Å². The molecular formula is C11H22N2. The first-order valence-electron chi connectivity index (χ1n) is 5.73. The number of hydrogen-bond donors (Lipinski definition) is 1. The average molecular weight is 182 g/mol. The van der Waals surface area contributed by atoms with Gasteiger partial charge in [0.05, 0.1) is 0 Å². The third-order valence-electron chi connectivity index (χ3n) is 4.01. The van der Waals surface area contributed by atoms with Gasteiger partial charge >= 0.3 is 0 Å². The summed E-state index contributed by atoms with van der Waals surface area (Å²) in [5.74, 6) is 1.88. The normalized spacial score (nSPS) is 40.6. The molecule has 0 aromatic heterocycles. The van der Waals surface area contributed by atoms with Crippen molar-refractivity contribution in [1.82, 2.24) is 4.90 Å². The third kappa shape index (κ3) is 1.75. The Kier molecular flexibility index (Phi) is 2.89. The van der Waals surface area contributed by atoms with Crippen LogP contribution in [0.2, 0.25) is 0 Å². The highest BCUT2D eigenvalue weighted by Crippen LogP contribution is 2.40. The molecule has 2 heteroatoms. The van der Waals surface area contributed by atoms with Crippen LogP contribution in [0.25, 0.3) is 0 Å². The Morgan fingerprint density at radius 1 is 1.31 bits per heavy atom. The molecule has 2 rings (SSSR count). The highest BCUT2D eigenvalue weighted by atomic mass is 15.2. The maximum Gasteiger partial charge on any atom is 0.0124 e. The molecule has 1 saturated heterocycles. The number of hydrogen-bond acceptors (Lipinski definition) is 2. The van der Waals surface area contributed by atoms with E-state index in [1.54, 1.807) is 0 Å². The van der Waals surface area contributed by atoms with E-state index in [0.29, 0.717) is 0 Å². The van der Waals surface area contributed by atoms with Gasteiger partial charge in [0, 0.05) is 12.6 Å². The number of fused-ring (bicyclic) bond motifs is 1. The highest BCUT2D eigenvalue weighted by Gasteiger charge is 2.39. The smallest absolute Gasteiger partial charge is 0.0124 e. The maximum atomic E-state index is 5.66. The molecule has 1 heterocycles. The van der Waals surface area contributed by atoms with E-state index in [-0.39, 0.29) is 0 Å². The fourth-order valence-electron chi connectivity index (χ4n) is 3.40. The summed E-state index contributed by atoms with van der Waals surface area (Å²) >= 11 is 0. The van der Waals surface area contributed by atoms with Crippen LogP contribution >= 0.6 is 0 Å². The summed E-state index contributed by atoms with van der Waals surface area (Å²) < 4.78 is 0. The summed E-state index contributed by atoms with van der Waals surface area (Å²) in [6.07, 6.45) is 7.03. The standard InChI is InChI=1S/C11H22N2/c1-13-8-9(6-7-12)10-4-2-3-5-11(10)13/h9-11H,2-8,12H2,1H3. The van der Waals surface area contributed by atoms with E-state index in [9.17, 15) is 0 Å². The molecule has 3 atom stereocenters. The van der Waals surface area contributed by atoms with Gasteiger partial charge in [-0.25, -0.2) is 0 Å². The first-order chi connectivity index (χ1) is 6.33. The van der Waals surface area contributed by atoms with E-state index in [1.165, 1.54) is 38.6 Å². The number of likely N-dealkylation sites (tertiary alicyclic amines) is 1. The molecule has 2 fully saturated rings. The van der Waals surface area contributed by atoms with Gasteiger partial charge in [-0.15, -0.1) is 0 Å². The Hall–Kier alpha value is -0.0800. The van der Waals surface area contributed by atoms with Crippen molar-refractivity contribution in [3.63, 3.8) is 0 Å². The molecule has 1 aliphatic heterocycles. The minimum absolute atomic E-state index is 0.877. The number of nitrogens with zero attached hydrogens (tertiary/aromatic N) is 1. The molecule has 2 nitrogen and oxygen atoms in total. The molecule has 0 amide bonds. The van der Waals surface area contributed by atoms with E-state index < -0.39 is 0 Å². The van der Waals surface area contributed by atoms with Crippen molar-refractivity contribution in [2.45, 2.75) is 38.1 Å². The summed E-state index contributed by atoms with van der Waals surface area (Å²) in [4.78, 5) is 2.57. The summed E-state index contributed by atoms with van der Waals surface area (Å²) in [5.41, 5.74) is 5.66. The van der Waals surface area contributed by atoms with Gasteiger partial charge in [-0.1, -0.05) is 12.8 Å². The number of nitrogens with two attached hydrogens (primary N) is 1. The van der Waals surface area contributed by atoms with Crippen LogP contribution in [-0.2, 0) is 0 Å². The zero-order chi connectivity index (χ0) is 9.26. The molecule has 0 bridgehead atoms. The molecule has 0 spiro atoms. The lowest BCUT2D eigenvalue weighted by Gasteiger charge is -2.30. The molecule has 2 N–H and O–H groups in total. The van der Waals surface area contributed by atoms with Crippen LogP contribution in [0.15, 0.2) is 0 Å². The van der Waals surface area contributed by atoms with E-state index in [4.69, 9.17) is 5.73 Å². The van der Waals surface area contributed by atoms with Crippen molar-refractivity contribution in [3.05, 3.63) is 0 Å². The Morgan fingerprint density at radius 2 is 2.08 bits per heavy atom. The molecule has 13 heavy (non-hydrogen) atoms. The van der Waals surface area contributed by atoms with Crippen molar-refractivity contribution >= 4 is 0 Å². The highest BCUT2D eigenvalue weighted by molar-refractivity contribution is 4.93. The monoisotopic (exact) mass is 182 g/mol. The molecule has 0 radical (unpaired) electrons. The van der Waals surface area contributed by atoms with Gasteiger partial charge in [0.25, 0.3) is 0 Å². The second kappa shape index (κ2) is 3.97. The van der Waals surface area contributed by atoms with Crippen LogP contribution in [0.3, 0.4) is 0 Å². The topological polar surface area (TPSA) is 29.3 Å². The molecule has 3 unspecified atom stereocenters. The van der Waals surface area contributed by atoms with E-state index in [2.05, 4.69) is 11.9 Å². The Labute approximate surface area is 81.5 Å². The lowest BCUT2D eigenvalue weighted by molar-refractivity contribution is 0.205. The van der Waals surface area contributed by atoms with Crippen LogP contribution in [0.5, 0.6) is 0 Å². The lowest BCUT2D eigenvalue weighted by Crippen LogP contribution is -2.32. The van der Waals surface area contributed by atoms with Crippen LogP contribution < -0.4 is 5.73 Å². The quantitative estimate of drug-likeness (QED) is 0.700. The van der Waals surface area contributed by atoms with E-state index in [0.717, 1.165) is 24.4 Å². The minimum Gasteiger partial charge on any atom is -0.330 e. The van der Waals surface area contributed by atoms with E-state index in [1.807, 2.05) is 0 Å². The fourth-order valence-corrected chi connectivity index (χ4v) is 3.40.